The number of aromatic nitrogens is 1. The smallest absolute Gasteiger partial charge is 0.251 e. The number of nitrogens with one attached hydrogen (secondary N) is 1. The van der Waals surface area contributed by atoms with Gasteiger partial charge in [0.25, 0.3) is 5.91 Å². The van der Waals surface area contributed by atoms with Crippen molar-refractivity contribution in [2.75, 3.05) is 26.2 Å². The molecule has 1 amide bonds. The molecule has 0 saturated carbocycles. The topological polar surface area (TPSA) is 45.2 Å². The van der Waals surface area contributed by atoms with E-state index in [0.29, 0.717) is 23.0 Å². The zero-order valence-electron chi connectivity index (χ0n) is 13.6. The molecule has 0 unspecified atom stereocenters. The Hall–Kier alpha value is -1.91. The van der Waals surface area contributed by atoms with Crippen molar-refractivity contribution in [1.82, 2.24) is 15.2 Å². The quantitative estimate of drug-likeness (QED) is 0.905. The second-order valence-electron chi connectivity index (χ2n) is 6.13. The fraction of sp³-hybridized carbons (Fsp3) is 0.368. The molecule has 2 aromatic rings. The van der Waals surface area contributed by atoms with Crippen LogP contribution in [0.2, 0.25) is 5.02 Å². The van der Waals surface area contributed by atoms with Gasteiger partial charge in [0.2, 0.25) is 0 Å². The van der Waals surface area contributed by atoms with Crippen molar-refractivity contribution in [1.29, 1.82) is 0 Å². The van der Waals surface area contributed by atoms with Crippen LogP contribution < -0.4 is 5.32 Å². The Morgan fingerprint density at radius 2 is 1.92 bits per heavy atom. The molecule has 1 N–H and O–H groups in total. The van der Waals surface area contributed by atoms with Crippen LogP contribution in [0.4, 0.5) is 0 Å². The first kappa shape index (κ1) is 16.9. The molecule has 0 bridgehead atoms. The maximum Gasteiger partial charge on any atom is 0.251 e. The summed E-state index contributed by atoms with van der Waals surface area (Å²) in [6.45, 7) is 3.65. The molecule has 0 atom stereocenters. The van der Waals surface area contributed by atoms with Crippen LogP contribution in [0.1, 0.15) is 34.8 Å². The minimum Gasteiger partial charge on any atom is -0.351 e. The third-order valence-corrected chi connectivity index (χ3v) is 4.77. The largest absolute Gasteiger partial charge is 0.351 e. The fourth-order valence-electron chi connectivity index (χ4n) is 3.10. The molecule has 0 radical (unpaired) electrons. The molecule has 1 fully saturated rings. The summed E-state index contributed by atoms with van der Waals surface area (Å²) in [5.41, 5.74) is 1.85. The molecule has 5 heteroatoms. The molecule has 126 valence electrons. The summed E-state index contributed by atoms with van der Waals surface area (Å²) in [5.74, 6) is 0.515. The Morgan fingerprint density at radius 1 is 1.17 bits per heavy atom. The summed E-state index contributed by atoms with van der Waals surface area (Å²) in [4.78, 5) is 18.9. The molecule has 1 aromatic heterocycles. The van der Waals surface area contributed by atoms with Gasteiger partial charge in [0.15, 0.2) is 0 Å². The average molecular weight is 344 g/mol. The summed E-state index contributed by atoms with van der Waals surface area (Å²) < 4.78 is 0. The molecular formula is C19H22ClN3O. The van der Waals surface area contributed by atoms with Crippen LogP contribution >= 0.6 is 11.6 Å². The fourth-order valence-corrected chi connectivity index (χ4v) is 3.23. The monoisotopic (exact) mass is 343 g/mol. The number of carbonyl (C=O) groups excluding carboxylic acids is 1. The Labute approximate surface area is 147 Å². The van der Waals surface area contributed by atoms with E-state index >= 15 is 0 Å². The van der Waals surface area contributed by atoms with Gasteiger partial charge in [-0.15, -0.1) is 0 Å². The van der Waals surface area contributed by atoms with Gasteiger partial charge in [-0.3, -0.25) is 9.78 Å². The van der Waals surface area contributed by atoms with Gasteiger partial charge in [0.1, 0.15) is 0 Å². The van der Waals surface area contributed by atoms with Crippen LogP contribution in [0.15, 0.2) is 48.7 Å². The van der Waals surface area contributed by atoms with Crippen LogP contribution in [0.3, 0.4) is 0 Å². The number of likely N-dealkylation sites (tertiary alicyclic amines) is 1. The first-order chi connectivity index (χ1) is 11.7. The van der Waals surface area contributed by atoms with Crippen molar-refractivity contribution in [2.24, 2.45) is 0 Å². The molecule has 0 aliphatic carbocycles. The van der Waals surface area contributed by atoms with Crippen LogP contribution in [-0.4, -0.2) is 42.0 Å². The lowest BCUT2D eigenvalue weighted by Crippen LogP contribution is -2.39. The number of halogens is 1. The number of rotatable bonds is 5. The van der Waals surface area contributed by atoms with Gasteiger partial charge in [-0.2, -0.15) is 0 Å². The van der Waals surface area contributed by atoms with Gasteiger partial charge in [0.05, 0.1) is 0 Å². The number of pyridine rings is 1. The van der Waals surface area contributed by atoms with E-state index in [9.17, 15) is 4.79 Å². The zero-order valence-corrected chi connectivity index (χ0v) is 14.4. The maximum atomic E-state index is 12.1. The predicted octanol–water partition coefficient (Wildman–Crippen LogP) is 3.34. The van der Waals surface area contributed by atoms with Crippen molar-refractivity contribution in [3.05, 3.63) is 64.9 Å². The van der Waals surface area contributed by atoms with Gasteiger partial charge < -0.3 is 10.2 Å². The second-order valence-corrected chi connectivity index (χ2v) is 6.57. The first-order valence-corrected chi connectivity index (χ1v) is 8.77. The lowest BCUT2D eigenvalue weighted by molar-refractivity contribution is 0.0945. The number of carbonyl (C=O) groups is 1. The Balaban J connectivity index is 1.39. The Bertz CT molecular complexity index is 652. The van der Waals surface area contributed by atoms with E-state index in [0.717, 1.165) is 32.5 Å². The Kier molecular flexibility index (Phi) is 5.83. The second kappa shape index (κ2) is 8.27. The Morgan fingerprint density at radius 3 is 2.58 bits per heavy atom. The van der Waals surface area contributed by atoms with Crippen molar-refractivity contribution in [3.63, 3.8) is 0 Å². The number of hydrogen-bond donors (Lipinski definition) is 1. The average Bonchev–Trinajstić information content (AvgIpc) is 2.63. The van der Waals surface area contributed by atoms with Crippen molar-refractivity contribution >= 4 is 17.5 Å². The van der Waals surface area contributed by atoms with E-state index in [1.807, 2.05) is 12.3 Å². The molecule has 2 heterocycles. The van der Waals surface area contributed by atoms with E-state index in [4.69, 9.17) is 11.6 Å². The van der Waals surface area contributed by atoms with E-state index in [1.54, 1.807) is 24.3 Å². The molecular weight excluding hydrogens is 322 g/mol. The number of amides is 1. The van der Waals surface area contributed by atoms with Gasteiger partial charge >= 0.3 is 0 Å². The minimum absolute atomic E-state index is 0.0463. The number of benzene rings is 1. The highest BCUT2D eigenvalue weighted by Crippen LogP contribution is 2.25. The normalized spacial score (nSPS) is 16.0. The van der Waals surface area contributed by atoms with Crippen molar-refractivity contribution in [2.45, 2.75) is 18.8 Å². The SMILES string of the molecule is O=C(NCCN1CCC(c2ccccn2)CC1)c1ccc(Cl)cc1. The molecule has 1 aliphatic rings. The highest BCUT2D eigenvalue weighted by molar-refractivity contribution is 6.30. The van der Waals surface area contributed by atoms with Gasteiger partial charge in [0, 0.05) is 41.5 Å². The lowest BCUT2D eigenvalue weighted by Gasteiger charge is -2.31. The van der Waals surface area contributed by atoms with E-state index in [2.05, 4.69) is 27.3 Å². The minimum atomic E-state index is -0.0463. The molecule has 1 saturated heterocycles. The lowest BCUT2D eigenvalue weighted by atomic mass is 9.93. The summed E-state index contributed by atoms with van der Waals surface area (Å²) in [6, 6.07) is 13.1. The van der Waals surface area contributed by atoms with E-state index in [-0.39, 0.29) is 5.91 Å². The maximum absolute atomic E-state index is 12.1. The molecule has 1 aliphatic heterocycles. The standard InChI is InChI=1S/C19H22ClN3O/c20-17-6-4-16(5-7-17)19(24)22-11-14-23-12-8-15(9-13-23)18-3-1-2-10-21-18/h1-7,10,15H,8-9,11-14H2,(H,22,24). The highest BCUT2D eigenvalue weighted by Gasteiger charge is 2.21. The predicted molar refractivity (Wildman–Crippen MR) is 96.4 cm³/mol. The zero-order chi connectivity index (χ0) is 16.8. The number of nitrogens with zero attached hydrogens (tertiary/aromatic N) is 2. The molecule has 3 rings (SSSR count). The van der Waals surface area contributed by atoms with Crippen LogP contribution in [0, 0.1) is 0 Å². The highest BCUT2D eigenvalue weighted by atomic mass is 35.5. The van der Waals surface area contributed by atoms with E-state index < -0.39 is 0 Å². The number of piperidine rings is 1. The number of hydrogen-bond acceptors (Lipinski definition) is 3. The summed E-state index contributed by atoms with van der Waals surface area (Å²) in [5, 5.41) is 3.61. The van der Waals surface area contributed by atoms with Gasteiger partial charge in [-0.05, 0) is 62.3 Å². The first-order valence-electron chi connectivity index (χ1n) is 8.39. The van der Waals surface area contributed by atoms with E-state index in [1.165, 1.54) is 5.69 Å². The summed E-state index contributed by atoms with van der Waals surface area (Å²) in [7, 11) is 0. The van der Waals surface area contributed by atoms with Crippen LogP contribution in [0.25, 0.3) is 0 Å². The summed E-state index contributed by atoms with van der Waals surface area (Å²) in [6.07, 6.45) is 4.12. The van der Waals surface area contributed by atoms with Gasteiger partial charge in [-0.25, -0.2) is 0 Å². The molecule has 0 spiro atoms. The summed E-state index contributed by atoms with van der Waals surface area (Å²) >= 11 is 5.84. The van der Waals surface area contributed by atoms with Gasteiger partial charge in [-0.1, -0.05) is 17.7 Å². The van der Waals surface area contributed by atoms with Crippen LogP contribution in [-0.2, 0) is 0 Å². The third kappa shape index (κ3) is 4.56. The molecule has 1 aromatic carbocycles. The van der Waals surface area contributed by atoms with Crippen molar-refractivity contribution in [3.8, 4) is 0 Å². The molecule has 4 nitrogen and oxygen atoms in total. The van der Waals surface area contributed by atoms with Crippen LogP contribution in [0.5, 0.6) is 0 Å². The van der Waals surface area contributed by atoms with Crippen molar-refractivity contribution < 1.29 is 4.79 Å². The third-order valence-electron chi connectivity index (χ3n) is 4.51. The molecule has 24 heavy (non-hydrogen) atoms.